The average Bonchev–Trinajstić information content (AvgIpc) is 2.92. The van der Waals surface area contributed by atoms with Crippen LogP contribution in [0.25, 0.3) is 0 Å². The summed E-state index contributed by atoms with van der Waals surface area (Å²) in [5, 5.41) is 2.88. The Labute approximate surface area is 121 Å². The van der Waals surface area contributed by atoms with Crippen molar-refractivity contribution in [2.24, 2.45) is 0 Å². The van der Waals surface area contributed by atoms with Crippen LogP contribution in [0.1, 0.15) is 32.2 Å². The van der Waals surface area contributed by atoms with Crippen LogP contribution in [0.15, 0.2) is 17.5 Å². The molecule has 0 radical (unpaired) electrons. The fourth-order valence-electron chi connectivity index (χ4n) is 2.47. The van der Waals surface area contributed by atoms with Gasteiger partial charge in [-0.15, -0.1) is 11.3 Å². The summed E-state index contributed by atoms with van der Waals surface area (Å²) in [5.41, 5.74) is 4.12. The molecule has 3 rings (SSSR count). The van der Waals surface area contributed by atoms with Crippen molar-refractivity contribution in [2.45, 2.75) is 27.3 Å². The number of carbonyl (C=O) groups is 2. The number of ketones is 1. The van der Waals surface area contributed by atoms with E-state index >= 15 is 0 Å². The highest BCUT2D eigenvalue weighted by Gasteiger charge is 2.37. The third-order valence-electron chi connectivity index (χ3n) is 3.64. The monoisotopic (exact) mass is 286 g/mol. The topological polar surface area (TPSA) is 50.3 Å². The minimum atomic E-state index is -0.459. The highest BCUT2D eigenvalue weighted by Crippen LogP contribution is 2.35. The van der Waals surface area contributed by atoms with E-state index in [9.17, 15) is 9.59 Å². The molecule has 0 aliphatic carbocycles. The van der Waals surface area contributed by atoms with Gasteiger partial charge in [0.15, 0.2) is 0 Å². The van der Waals surface area contributed by atoms with Gasteiger partial charge in [-0.25, -0.2) is 4.98 Å². The molecule has 0 unspecified atom stereocenters. The number of thiazole rings is 1. The number of hydrogen-bond acceptors (Lipinski definition) is 4. The second kappa shape index (κ2) is 4.52. The van der Waals surface area contributed by atoms with E-state index in [1.807, 2.05) is 32.2 Å². The van der Waals surface area contributed by atoms with Gasteiger partial charge in [-0.05, 0) is 38.0 Å². The van der Waals surface area contributed by atoms with E-state index in [1.165, 1.54) is 0 Å². The summed E-state index contributed by atoms with van der Waals surface area (Å²) in [4.78, 5) is 30.2. The average molecular weight is 286 g/mol. The molecule has 2 aromatic rings. The molecule has 0 fully saturated rings. The molecule has 102 valence electrons. The third kappa shape index (κ3) is 1.86. The minimum Gasteiger partial charge on any atom is -0.298 e. The Hall–Kier alpha value is -2.01. The quantitative estimate of drug-likeness (QED) is 0.798. The van der Waals surface area contributed by atoms with Crippen LogP contribution in [-0.2, 0) is 11.3 Å². The van der Waals surface area contributed by atoms with Crippen molar-refractivity contribution in [3.63, 3.8) is 0 Å². The summed E-state index contributed by atoms with van der Waals surface area (Å²) in [5.74, 6) is -0.880. The van der Waals surface area contributed by atoms with E-state index in [0.29, 0.717) is 12.1 Å². The molecular weight excluding hydrogens is 272 g/mol. The Bertz CT molecular complexity index is 733. The normalized spacial score (nSPS) is 14.1. The Morgan fingerprint density at radius 3 is 2.60 bits per heavy atom. The van der Waals surface area contributed by atoms with Gasteiger partial charge in [0.05, 0.1) is 28.5 Å². The van der Waals surface area contributed by atoms with Crippen LogP contribution < -0.4 is 4.90 Å². The molecule has 0 N–H and O–H groups in total. The number of rotatable bonds is 2. The minimum absolute atomic E-state index is 0.353. The van der Waals surface area contributed by atoms with Crippen LogP contribution in [0.2, 0.25) is 0 Å². The molecule has 0 bridgehead atoms. The Morgan fingerprint density at radius 2 is 1.95 bits per heavy atom. The van der Waals surface area contributed by atoms with Gasteiger partial charge >= 0.3 is 0 Å². The third-order valence-corrected chi connectivity index (χ3v) is 4.46. The summed E-state index contributed by atoms with van der Waals surface area (Å²) in [6, 6.07) is 3.63. The summed E-state index contributed by atoms with van der Waals surface area (Å²) >= 11 is 1.54. The van der Waals surface area contributed by atoms with Gasteiger partial charge < -0.3 is 0 Å². The van der Waals surface area contributed by atoms with Gasteiger partial charge in [0.2, 0.25) is 0 Å². The van der Waals surface area contributed by atoms with E-state index < -0.39 is 11.7 Å². The van der Waals surface area contributed by atoms with Gasteiger partial charge in [0.1, 0.15) is 0 Å². The molecule has 1 aromatic heterocycles. The van der Waals surface area contributed by atoms with E-state index in [0.717, 1.165) is 27.5 Å². The van der Waals surface area contributed by atoms with Crippen molar-refractivity contribution in [3.05, 3.63) is 44.9 Å². The first kappa shape index (κ1) is 13.0. The smallest absolute Gasteiger partial charge is 0.298 e. The lowest BCUT2D eigenvalue weighted by Crippen LogP contribution is -2.29. The fourth-order valence-corrected chi connectivity index (χ4v) is 3.07. The van der Waals surface area contributed by atoms with Gasteiger partial charge in [0.25, 0.3) is 11.7 Å². The van der Waals surface area contributed by atoms with Crippen molar-refractivity contribution in [1.29, 1.82) is 0 Å². The molecule has 0 saturated heterocycles. The van der Waals surface area contributed by atoms with Crippen LogP contribution >= 0.6 is 11.3 Å². The maximum Gasteiger partial charge on any atom is 0.299 e. The van der Waals surface area contributed by atoms with E-state index in [4.69, 9.17) is 0 Å². The highest BCUT2D eigenvalue weighted by molar-refractivity contribution is 7.09. The molecule has 2 heterocycles. The maximum atomic E-state index is 12.2. The Morgan fingerprint density at radius 1 is 1.20 bits per heavy atom. The van der Waals surface area contributed by atoms with Crippen LogP contribution in [0.5, 0.6) is 0 Å². The second-order valence-electron chi connectivity index (χ2n) is 4.98. The molecule has 1 aliphatic heterocycles. The number of Topliss-reactive ketones (excluding diaryl/α,β-unsaturated/α-hetero) is 1. The second-order valence-corrected chi connectivity index (χ2v) is 6.04. The molecule has 0 atom stereocenters. The van der Waals surface area contributed by atoms with Crippen LogP contribution in [0, 0.1) is 20.8 Å². The van der Waals surface area contributed by atoms with E-state index in [2.05, 4.69) is 4.98 Å². The van der Waals surface area contributed by atoms with E-state index in [1.54, 1.807) is 22.3 Å². The zero-order valence-corrected chi connectivity index (χ0v) is 12.4. The fraction of sp³-hybridized carbons (Fsp3) is 0.267. The number of fused-ring (bicyclic) bond motifs is 1. The first-order chi connectivity index (χ1) is 9.49. The number of anilines is 1. The molecule has 0 spiro atoms. The van der Waals surface area contributed by atoms with Crippen molar-refractivity contribution in [1.82, 2.24) is 4.98 Å². The molecule has 4 nitrogen and oxygen atoms in total. The molecule has 1 aromatic carbocycles. The SMILES string of the molecule is Cc1nc(CN2C(=O)C(=O)c3ccc(C)c(C)c32)cs1. The zero-order valence-electron chi connectivity index (χ0n) is 11.6. The first-order valence-electron chi connectivity index (χ1n) is 6.36. The van der Waals surface area contributed by atoms with E-state index in [-0.39, 0.29) is 0 Å². The number of carbonyl (C=O) groups excluding carboxylic acids is 2. The molecule has 1 amide bonds. The lowest BCUT2D eigenvalue weighted by atomic mass is 10.0. The molecular formula is C15H14N2O2S. The maximum absolute atomic E-state index is 12.2. The Kier molecular flexibility index (Phi) is 2.94. The molecule has 20 heavy (non-hydrogen) atoms. The number of aryl methyl sites for hydroxylation is 2. The van der Waals surface area contributed by atoms with Crippen LogP contribution in [0.3, 0.4) is 0 Å². The molecule has 1 aliphatic rings. The number of hydrogen-bond donors (Lipinski definition) is 0. The lowest BCUT2D eigenvalue weighted by Gasteiger charge is -2.18. The molecule has 0 saturated carbocycles. The lowest BCUT2D eigenvalue weighted by molar-refractivity contribution is -0.114. The standard InChI is InChI=1S/C15H14N2O2S/c1-8-4-5-12-13(9(8)2)17(15(19)14(12)18)6-11-7-20-10(3)16-11/h4-5,7H,6H2,1-3H3. The van der Waals surface area contributed by atoms with Crippen LogP contribution in [0.4, 0.5) is 5.69 Å². The summed E-state index contributed by atoms with van der Waals surface area (Å²) in [7, 11) is 0. The predicted octanol–water partition coefficient (Wildman–Crippen LogP) is 2.80. The van der Waals surface area contributed by atoms with Crippen LogP contribution in [-0.4, -0.2) is 16.7 Å². The van der Waals surface area contributed by atoms with Gasteiger partial charge in [0, 0.05) is 5.38 Å². The number of amides is 1. The summed E-state index contributed by atoms with van der Waals surface area (Å²) in [6.45, 7) is 6.20. The number of aromatic nitrogens is 1. The molecule has 5 heteroatoms. The summed E-state index contributed by atoms with van der Waals surface area (Å²) in [6.07, 6.45) is 0. The highest BCUT2D eigenvalue weighted by atomic mass is 32.1. The number of nitrogens with zero attached hydrogens (tertiary/aromatic N) is 2. The largest absolute Gasteiger partial charge is 0.299 e. The van der Waals surface area contributed by atoms with Crippen molar-refractivity contribution in [2.75, 3.05) is 4.90 Å². The number of benzene rings is 1. The summed E-state index contributed by atoms with van der Waals surface area (Å²) < 4.78 is 0. The van der Waals surface area contributed by atoms with Gasteiger partial charge in [-0.1, -0.05) is 6.07 Å². The zero-order chi connectivity index (χ0) is 14.4. The first-order valence-corrected chi connectivity index (χ1v) is 7.24. The van der Waals surface area contributed by atoms with Crippen molar-refractivity contribution >= 4 is 28.7 Å². The Balaban J connectivity index is 2.07. The predicted molar refractivity (Wildman–Crippen MR) is 78.3 cm³/mol. The van der Waals surface area contributed by atoms with Gasteiger partial charge in [-0.2, -0.15) is 0 Å². The van der Waals surface area contributed by atoms with Gasteiger partial charge in [-0.3, -0.25) is 14.5 Å². The van der Waals surface area contributed by atoms with Crippen molar-refractivity contribution < 1.29 is 9.59 Å². The van der Waals surface area contributed by atoms with Crippen molar-refractivity contribution in [3.8, 4) is 0 Å².